The number of nitriles is 1. The lowest BCUT2D eigenvalue weighted by atomic mass is 10.1. The van der Waals surface area contributed by atoms with Gasteiger partial charge < -0.3 is 10.1 Å². The second-order valence-corrected chi connectivity index (χ2v) is 9.18. The first-order chi connectivity index (χ1) is 16.2. The zero-order valence-corrected chi connectivity index (χ0v) is 21.4. The number of nitrogens with zero attached hydrogens (tertiary/aromatic N) is 2. The van der Waals surface area contributed by atoms with E-state index in [1.165, 1.54) is 18.2 Å². The maximum atomic E-state index is 12.7. The highest BCUT2D eigenvalue weighted by molar-refractivity contribution is 9.11. The van der Waals surface area contributed by atoms with Gasteiger partial charge >= 0.3 is 0 Å². The van der Waals surface area contributed by atoms with Crippen molar-refractivity contribution < 1.29 is 14.5 Å². The van der Waals surface area contributed by atoms with E-state index in [-0.39, 0.29) is 17.9 Å². The Morgan fingerprint density at radius 3 is 2.35 bits per heavy atom. The molecular weight excluding hydrogens is 566 g/mol. The molecule has 3 aromatic carbocycles. The van der Waals surface area contributed by atoms with Gasteiger partial charge in [0.2, 0.25) is 0 Å². The third-order valence-electron chi connectivity index (χ3n) is 4.87. The van der Waals surface area contributed by atoms with E-state index in [0.29, 0.717) is 25.9 Å². The van der Waals surface area contributed by atoms with Crippen LogP contribution < -0.4 is 10.1 Å². The summed E-state index contributed by atoms with van der Waals surface area (Å²) in [5.41, 5.74) is 3.91. The lowest BCUT2D eigenvalue weighted by molar-refractivity contribution is -0.384. The Kier molecular flexibility index (Phi) is 8.21. The lowest BCUT2D eigenvalue weighted by Crippen LogP contribution is -2.14. The maximum Gasteiger partial charge on any atom is 0.269 e. The topological polar surface area (TPSA) is 105 Å². The van der Waals surface area contributed by atoms with E-state index in [9.17, 15) is 20.2 Å². The Bertz CT molecular complexity index is 1310. The molecule has 9 heteroatoms. The Morgan fingerprint density at radius 1 is 1.12 bits per heavy atom. The Balaban J connectivity index is 1.76. The van der Waals surface area contributed by atoms with E-state index >= 15 is 0 Å². The number of nitrogens with one attached hydrogen (secondary N) is 1. The van der Waals surface area contributed by atoms with Gasteiger partial charge in [0.15, 0.2) is 0 Å². The van der Waals surface area contributed by atoms with Gasteiger partial charge in [0.05, 0.1) is 13.9 Å². The van der Waals surface area contributed by atoms with Crippen molar-refractivity contribution >= 4 is 55.2 Å². The van der Waals surface area contributed by atoms with Crippen LogP contribution >= 0.6 is 31.9 Å². The van der Waals surface area contributed by atoms with Crippen LogP contribution in [0.15, 0.2) is 69.1 Å². The van der Waals surface area contributed by atoms with Crippen molar-refractivity contribution in [3.05, 3.63) is 101 Å². The van der Waals surface area contributed by atoms with E-state index in [2.05, 4.69) is 37.2 Å². The van der Waals surface area contributed by atoms with Crippen molar-refractivity contribution in [2.45, 2.75) is 20.5 Å². The molecule has 0 heterocycles. The Hall–Kier alpha value is -3.48. The zero-order valence-electron chi connectivity index (χ0n) is 18.3. The molecule has 0 aliphatic rings. The molecular formula is C25H19Br2N3O4. The van der Waals surface area contributed by atoms with Gasteiger partial charge in [0.25, 0.3) is 11.6 Å². The fourth-order valence-corrected chi connectivity index (χ4v) is 4.50. The number of nitro groups is 1. The normalized spacial score (nSPS) is 11.0. The summed E-state index contributed by atoms with van der Waals surface area (Å²) in [7, 11) is 0. The minimum atomic E-state index is -0.498. The number of carbonyl (C=O) groups excluding carboxylic acids is 1. The molecule has 34 heavy (non-hydrogen) atoms. The van der Waals surface area contributed by atoms with Crippen molar-refractivity contribution in [1.82, 2.24) is 0 Å². The average molecular weight is 585 g/mol. The number of non-ortho nitro benzene ring substituents is 1. The molecule has 0 bridgehead atoms. The standard InChI is InChI=1S/C25H19Br2N3O4/c1-15-3-4-16(2)23(9-15)29-25(31)19(13-28)10-18-11-21(26)24(22(27)12-18)34-14-17-5-7-20(8-6-17)30(32)33/h3-12H,14H2,1-2H3,(H,29,31)/b19-10+. The molecule has 0 atom stereocenters. The summed E-state index contributed by atoms with van der Waals surface area (Å²) < 4.78 is 7.09. The highest BCUT2D eigenvalue weighted by Gasteiger charge is 2.14. The summed E-state index contributed by atoms with van der Waals surface area (Å²) in [6, 6.07) is 17.2. The molecule has 0 radical (unpaired) electrons. The van der Waals surface area contributed by atoms with E-state index in [4.69, 9.17) is 4.74 Å². The smallest absolute Gasteiger partial charge is 0.269 e. The molecule has 0 spiro atoms. The molecule has 1 amide bonds. The molecule has 0 unspecified atom stereocenters. The number of carbonyl (C=O) groups is 1. The fraction of sp³-hybridized carbons (Fsp3) is 0.120. The molecule has 3 rings (SSSR count). The van der Waals surface area contributed by atoms with Crippen molar-refractivity contribution in [1.29, 1.82) is 5.26 Å². The maximum absolute atomic E-state index is 12.7. The van der Waals surface area contributed by atoms with Crippen LogP contribution in [0.25, 0.3) is 6.08 Å². The van der Waals surface area contributed by atoms with Crippen LogP contribution in [0.3, 0.4) is 0 Å². The van der Waals surface area contributed by atoms with E-state index in [0.717, 1.165) is 16.7 Å². The first kappa shape index (κ1) is 25.1. The van der Waals surface area contributed by atoms with E-state index in [1.54, 1.807) is 24.3 Å². The second kappa shape index (κ2) is 11.1. The number of anilines is 1. The van der Waals surface area contributed by atoms with Crippen LogP contribution in [0.2, 0.25) is 0 Å². The minimum Gasteiger partial charge on any atom is -0.487 e. The molecule has 0 saturated carbocycles. The first-order valence-electron chi connectivity index (χ1n) is 10.0. The number of halogens is 2. The fourth-order valence-electron chi connectivity index (χ4n) is 3.05. The summed E-state index contributed by atoms with van der Waals surface area (Å²) in [5.74, 6) is 0.0239. The van der Waals surface area contributed by atoms with Gasteiger partial charge in [-0.25, -0.2) is 0 Å². The zero-order chi connectivity index (χ0) is 24.8. The van der Waals surface area contributed by atoms with Crippen LogP contribution in [0.1, 0.15) is 22.3 Å². The van der Waals surface area contributed by atoms with Crippen molar-refractivity contribution in [2.75, 3.05) is 5.32 Å². The number of aryl methyl sites for hydroxylation is 2. The average Bonchev–Trinajstić information content (AvgIpc) is 2.79. The number of ether oxygens (including phenoxy) is 1. The molecule has 7 nitrogen and oxygen atoms in total. The molecule has 0 aliphatic heterocycles. The molecule has 0 aromatic heterocycles. The van der Waals surface area contributed by atoms with Gasteiger partial charge in [0, 0.05) is 17.8 Å². The van der Waals surface area contributed by atoms with Crippen molar-refractivity contribution in [3.8, 4) is 11.8 Å². The van der Waals surface area contributed by atoms with Crippen LogP contribution in [-0.4, -0.2) is 10.8 Å². The van der Waals surface area contributed by atoms with Gasteiger partial charge in [0.1, 0.15) is 24.0 Å². The number of hydrogen-bond donors (Lipinski definition) is 1. The third kappa shape index (κ3) is 6.31. The van der Waals surface area contributed by atoms with Gasteiger partial charge in [-0.2, -0.15) is 5.26 Å². The first-order valence-corrected chi connectivity index (χ1v) is 11.6. The number of benzene rings is 3. The van der Waals surface area contributed by atoms with Crippen LogP contribution in [0, 0.1) is 35.3 Å². The lowest BCUT2D eigenvalue weighted by Gasteiger charge is -2.12. The number of amides is 1. The second-order valence-electron chi connectivity index (χ2n) is 7.47. The largest absolute Gasteiger partial charge is 0.487 e. The molecule has 0 aliphatic carbocycles. The van der Waals surface area contributed by atoms with Crippen molar-refractivity contribution in [3.63, 3.8) is 0 Å². The van der Waals surface area contributed by atoms with Gasteiger partial charge in [-0.15, -0.1) is 0 Å². The number of nitro benzene ring substituents is 1. The molecule has 0 saturated heterocycles. The van der Waals surface area contributed by atoms with Crippen LogP contribution in [0.4, 0.5) is 11.4 Å². The predicted octanol–water partition coefficient (Wildman–Crippen LogP) is 6.86. The highest BCUT2D eigenvalue weighted by Crippen LogP contribution is 2.36. The quantitative estimate of drug-likeness (QED) is 0.141. The number of hydrogen-bond acceptors (Lipinski definition) is 5. The predicted molar refractivity (Wildman–Crippen MR) is 137 cm³/mol. The van der Waals surface area contributed by atoms with E-state index in [1.807, 2.05) is 38.1 Å². The van der Waals surface area contributed by atoms with E-state index < -0.39 is 10.8 Å². The Morgan fingerprint density at radius 2 is 1.76 bits per heavy atom. The van der Waals surface area contributed by atoms with Crippen molar-refractivity contribution in [2.24, 2.45) is 0 Å². The third-order valence-corrected chi connectivity index (χ3v) is 6.05. The molecule has 172 valence electrons. The van der Waals surface area contributed by atoms with Gasteiger partial charge in [-0.3, -0.25) is 14.9 Å². The molecule has 0 fully saturated rings. The minimum absolute atomic E-state index is 0.0112. The van der Waals surface area contributed by atoms with Crippen LogP contribution in [-0.2, 0) is 11.4 Å². The summed E-state index contributed by atoms with van der Waals surface area (Å²) in [5, 5.41) is 23.1. The molecule has 3 aromatic rings. The summed E-state index contributed by atoms with van der Waals surface area (Å²) in [6.45, 7) is 4.01. The number of rotatable bonds is 7. The molecule has 1 N–H and O–H groups in total. The summed E-state index contributed by atoms with van der Waals surface area (Å²) in [6.07, 6.45) is 1.50. The summed E-state index contributed by atoms with van der Waals surface area (Å²) in [4.78, 5) is 23.0. The van der Waals surface area contributed by atoms with Crippen LogP contribution in [0.5, 0.6) is 5.75 Å². The Labute approximate surface area is 213 Å². The van der Waals surface area contributed by atoms with Gasteiger partial charge in [-0.05, 0) is 104 Å². The summed E-state index contributed by atoms with van der Waals surface area (Å²) >= 11 is 6.93. The monoisotopic (exact) mass is 583 g/mol. The van der Waals surface area contributed by atoms with Gasteiger partial charge in [-0.1, -0.05) is 12.1 Å². The SMILES string of the molecule is Cc1ccc(C)c(NC(=O)/C(C#N)=C/c2cc(Br)c(OCc3ccc([N+](=O)[O-])cc3)c(Br)c2)c1. The highest BCUT2D eigenvalue weighted by atomic mass is 79.9.